The average molecular weight is 693 g/mol. The molecule has 256 valence electrons. The van der Waals surface area contributed by atoms with Crippen LogP contribution in [-0.4, -0.2) is 91.0 Å². The minimum absolute atomic E-state index is 0.154. The molecule has 0 aromatic heterocycles. The van der Waals surface area contributed by atoms with Gasteiger partial charge in [0.25, 0.3) is 47.3 Å². The molecule has 15 heterocycles. The Balaban J connectivity index is 1.21. The molecule has 52 heavy (non-hydrogen) atoms. The summed E-state index contributed by atoms with van der Waals surface area (Å²) < 4.78 is 0. The molecule has 12 heteroatoms. The van der Waals surface area contributed by atoms with Gasteiger partial charge in [-0.05, 0) is 74.2 Å². The zero-order chi connectivity index (χ0) is 35.5. The number of carbonyl (C=O) groups excluding carboxylic acids is 8. The molecule has 0 spiro atoms. The minimum atomic E-state index is -0.851. The molecule has 2 saturated carbocycles. The highest BCUT2D eigenvalue weighted by Crippen LogP contribution is 2.45. The lowest BCUT2D eigenvalue weighted by Crippen LogP contribution is -2.62. The molecule has 17 aliphatic rings. The van der Waals surface area contributed by atoms with Crippen LogP contribution in [-0.2, 0) is 0 Å². The van der Waals surface area contributed by atoms with Gasteiger partial charge >= 0.3 is 0 Å². The number of amides is 8. The number of hydrogen-bond donors (Lipinski definition) is 0. The Morgan fingerprint density at radius 2 is 0.442 bits per heavy atom. The maximum atomic E-state index is 14.5. The van der Waals surface area contributed by atoms with E-state index in [1.807, 2.05) is 0 Å². The number of nitrogens with zero attached hydrogens (tertiary/aromatic N) is 4. The SMILES string of the molecule is O=C1c2ccc3c4c5ccc(c24)C(=O)N1[C@H]1CCCC[C@@H]1N1C(=O)c2ccc4c6c(ccc(c26)C1=O)C(=O)N(C4=O)[C@H]1CCCC[C@@H]1N(C3=O)C5=O. The fraction of sp³-hybridized carbons (Fsp3) is 0.300. The Morgan fingerprint density at radius 1 is 0.288 bits per heavy atom. The lowest BCUT2D eigenvalue weighted by Gasteiger charge is -2.47. The van der Waals surface area contributed by atoms with Crippen LogP contribution in [0.3, 0.4) is 0 Å². The normalized spacial score (nSPS) is 26.0. The Morgan fingerprint density at radius 3 is 0.596 bits per heavy atom. The Bertz CT molecular complexity index is 2070. The first-order chi connectivity index (χ1) is 25.2. The highest BCUT2D eigenvalue weighted by Gasteiger charge is 2.52. The average Bonchev–Trinajstić information content (AvgIpc) is 3.15. The van der Waals surface area contributed by atoms with E-state index in [0.717, 1.165) is 19.6 Å². The molecule has 15 aliphatic heterocycles. The summed E-state index contributed by atoms with van der Waals surface area (Å²) in [6.45, 7) is 0. The van der Waals surface area contributed by atoms with Gasteiger partial charge in [0, 0.05) is 66.1 Å². The van der Waals surface area contributed by atoms with Gasteiger partial charge in [0.1, 0.15) is 0 Å². The Kier molecular flexibility index (Phi) is 5.61. The second-order valence-corrected chi connectivity index (χ2v) is 14.9. The lowest BCUT2D eigenvalue weighted by molar-refractivity contribution is 0.0234. The summed E-state index contributed by atoms with van der Waals surface area (Å²) in [6.07, 6.45) is 3.99. The van der Waals surface area contributed by atoms with Crippen LogP contribution in [0.4, 0.5) is 0 Å². The summed E-state index contributed by atoms with van der Waals surface area (Å²) in [7, 11) is 0. The minimum Gasteiger partial charge on any atom is -0.269 e. The third-order valence-corrected chi connectivity index (χ3v) is 12.6. The van der Waals surface area contributed by atoms with Gasteiger partial charge in [-0.15, -0.1) is 0 Å². The van der Waals surface area contributed by atoms with Crippen molar-refractivity contribution in [2.75, 3.05) is 0 Å². The van der Waals surface area contributed by atoms with E-state index in [2.05, 4.69) is 0 Å². The third kappa shape index (κ3) is 3.34. The van der Waals surface area contributed by atoms with E-state index in [1.54, 1.807) is 0 Å². The molecule has 4 atom stereocenters. The summed E-state index contributed by atoms with van der Waals surface area (Å²) in [4.78, 5) is 121. The van der Waals surface area contributed by atoms with Crippen molar-refractivity contribution < 1.29 is 38.4 Å². The van der Waals surface area contributed by atoms with Crippen molar-refractivity contribution in [1.82, 2.24) is 19.6 Å². The number of benzene rings is 4. The van der Waals surface area contributed by atoms with Gasteiger partial charge < -0.3 is 0 Å². The fourth-order valence-corrected chi connectivity index (χ4v) is 10.4. The standard InChI is InChI=1S/C40H28N4O8/c45-33-17-9-11-21-31-22-12-10-18(29(17)31)34(46)41(33)25-5-1-2-6-26(25)42-35(47)19-13-15-23-32-24(16-14-20(30(19)32)36(42)48)40(52)44(39(23)51)28-8-4-3-7-27(28)43(37(21)49)38(22)50/h9-16,25-28H,1-8H2/t25-,26-,27-,28-/m0/s1. The van der Waals surface area contributed by atoms with Gasteiger partial charge in [0.2, 0.25) is 0 Å². The van der Waals surface area contributed by atoms with Crippen molar-refractivity contribution in [3.8, 4) is 0 Å². The first-order valence-corrected chi connectivity index (χ1v) is 17.9. The fourth-order valence-electron chi connectivity index (χ4n) is 10.4. The molecule has 16 bridgehead atoms. The maximum Gasteiger partial charge on any atom is 0.261 e. The second kappa shape index (κ2) is 9.84. The van der Waals surface area contributed by atoms with Gasteiger partial charge in [-0.3, -0.25) is 58.0 Å². The van der Waals surface area contributed by atoms with Crippen LogP contribution < -0.4 is 0 Å². The smallest absolute Gasteiger partial charge is 0.261 e. The quantitative estimate of drug-likeness (QED) is 0.241. The van der Waals surface area contributed by atoms with Crippen LogP contribution in [0.15, 0.2) is 48.5 Å². The first-order valence-electron chi connectivity index (χ1n) is 17.9. The molecule has 0 radical (unpaired) electrons. The van der Waals surface area contributed by atoms with Crippen molar-refractivity contribution in [2.24, 2.45) is 0 Å². The van der Waals surface area contributed by atoms with Crippen LogP contribution >= 0.6 is 0 Å². The number of hydrogen-bond acceptors (Lipinski definition) is 8. The largest absolute Gasteiger partial charge is 0.269 e. The summed E-state index contributed by atoms with van der Waals surface area (Å²) in [6, 6.07) is 8.65. The van der Waals surface area contributed by atoms with E-state index in [-0.39, 0.29) is 66.1 Å². The number of carbonyl (C=O) groups is 8. The summed E-state index contributed by atoms with van der Waals surface area (Å²) >= 11 is 0. The summed E-state index contributed by atoms with van der Waals surface area (Å²) in [5.74, 6) is -4.90. The van der Waals surface area contributed by atoms with Gasteiger partial charge in [0.05, 0.1) is 24.2 Å². The predicted octanol–water partition coefficient (Wildman–Crippen LogP) is 4.71. The zero-order valence-electron chi connectivity index (χ0n) is 27.6. The van der Waals surface area contributed by atoms with Crippen LogP contribution in [0.25, 0.3) is 21.5 Å². The van der Waals surface area contributed by atoms with Gasteiger partial charge in [0.15, 0.2) is 0 Å². The Labute approximate surface area is 294 Å². The maximum absolute atomic E-state index is 14.5. The van der Waals surface area contributed by atoms with E-state index in [9.17, 15) is 38.4 Å². The topological polar surface area (TPSA) is 150 Å². The third-order valence-electron chi connectivity index (χ3n) is 12.6. The van der Waals surface area contributed by atoms with Crippen molar-refractivity contribution >= 4 is 68.8 Å². The van der Waals surface area contributed by atoms with Crippen LogP contribution in [0.1, 0.15) is 134 Å². The molecule has 8 amide bonds. The Hall–Kier alpha value is -6.04. The van der Waals surface area contributed by atoms with Crippen molar-refractivity contribution in [3.63, 3.8) is 0 Å². The molecule has 12 nitrogen and oxygen atoms in total. The van der Waals surface area contributed by atoms with Crippen LogP contribution in [0.2, 0.25) is 0 Å². The van der Waals surface area contributed by atoms with E-state index >= 15 is 0 Å². The highest BCUT2D eigenvalue weighted by atomic mass is 16.2. The van der Waals surface area contributed by atoms with Gasteiger partial charge in [-0.1, -0.05) is 25.7 Å². The second-order valence-electron chi connectivity index (χ2n) is 14.9. The number of rotatable bonds is 0. The van der Waals surface area contributed by atoms with Crippen molar-refractivity contribution in [2.45, 2.75) is 75.5 Å². The van der Waals surface area contributed by atoms with E-state index in [4.69, 9.17) is 0 Å². The monoisotopic (exact) mass is 692 g/mol. The predicted molar refractivity (Wildman–Crippen MR) is 182 cm³/mol. The molecule has 0 saturated heterocycles. The van der Waals surface area contributed by atoms with Crippen molar-refractivity contribution in [3.05, 3.63) is 93.0 Å². The molecule has 0 unspecified atom stereocenters. The van der Waals surface area contributed by atoms with Crippen LogP contribution in [0.5, 0.6) is 0 Å². The molecule has 2 aliphatic carbocycles. The highest BCUT2D eigenvalue weighted by molar-refractivity contribution is 6.35. The molecule has 0 N–H and O–H groups in total. The van der Waals surface area contributed by atoms with Gasteiger partial charge in [-0.2, -0.15) is 0 Å². The van der Waals surface area contributed by atoms with E-state index in [0.29, 0.717) is 51.4 Å². The molecule has 21 rings (SSSR count). The molecule has 4 aromatic carbocycles. The summed E-state index contributed by atoms with van der Waals surface area (Å²) in [5, 5.41) is 0.897. The van der Waals surface area contributed by atoms with E-state index < -0.39 is 71.4 Å². The summed E-state index contributed by atoms with van der Waals surface area (Å²) in [5.41, 5.74) is 1.24. The molecule has 2 fully saturated rings. The van der Waals surface area contributed by atoms with Crippen molar-refractivity contribution in [1.29, 1.82) is 0 Å². The van der Waals surface area contributed by atoms with Crippen LogP contribution in [0, 0.1) is 0 Å². The lowest BCUT2D eigenvalue weighted by atomic mass is 9.79. The molecular formula is C40H28N4O8. The first kappa shape index (κ1) is 29.7. The molecular weight excluding hydrogens is 664 g/mol. The van der Waals surface area contributed by atoms with E-state index in [1.165, 1.54) is 48.5 Å². The number of imide groups is 4. The zero-order valence-corrected chi connectivity index (χ0v) is 27.6. The van der Waals surface area contributed by atoms with Gasteiger partial charge in [-0.25, -0.2) is 0 Å². The molecule has 4 aromatic rings.